The van der Waals surface area contributed by atoms with Crippen molar-refractivity contribution in [3.8, 4) is 17.6 Å². The number of halogens is 1. The fourth-order valence-corrected chi connectivity index (χ4v) is 3.72. The van der Waals surface area contributed by atoms with Crippen LogP contribution < -0.4 is 20.5 Å². The number of amides is 1. The van der Waals surface area contributed by atoms with Gasteiger partial charge in [-0.1, -0.05) is 18.2 Å². The molecule has 4 rings (SSSR count). The lowest BCUT2D eigenvalue weighted by Crippen LogP contribution is -2.43. The van der Waals surface area contributed by atoms with Gasteiger partial charge < -0.3 is 20.3 Å². The largest absolute Gasteiger partial charge is 0.505 e. The highest BCUT2D eigenvalue weighted by atomic mass is 19.1. The lowest BCUT2D eigenvalue weighted by atomic mass is 9.93. The van der Waals surface area contributed by atoms with E-state index in [1.54, 1.807) is 6.07 Å². The van der Waals surface area contributed by atoms with Gasteiger partial charge in [-0.2, -0.15) is 5.26 Å². The van der Waals surface area contributed by atoms with Crippen molar-refractivity contribution in [1.82, 2.24) is 10.3 Å². The Morgan fingerprint density at radius 3 is 2.78 bits per heavy atom. The van der Waals surface area contributed by atoms with Crippen LogP contribution in [0, 0.1) is 29.0 Å². The fourth-order valence-electron chi connectivity index (χ4n) is 3.72. The summed E-state index contributed by atoms with van der Waals surface area (Å²) in [5.74, 6) is -3.36. The smallest absolute Gasteiger partial charge is 0.308 e. The Morgan fingerprint density at radius 1 is 1.38 bits per heavy atom. The van der Waals surface area contributed by atoms with E-state index in [0.717, 1.165) is 12.8 Å². The molecule has 1 amide bonds. The minimum absolute atomic E-state index is 0.00619. The Balaban J connectivity index is 1.59. The highest BCUT2D eigenvalue weighted by Gasteiger charge is 2.37. The summed E-state index contributed by atoms with van der Waals surface area (Å²) >= 11 is 0. The third-order valence-electron chi connectivity index (χ3n) is 5.65. The second-order valence-electron chi connectivity index (χ2n) is 7.90. The van der Waals surface area contributed by atoms with E-state index in [-0.39, 0.29) is 36.1 Å². The lowest BCUT2D eigenvalue weighted by molar-refractivity contribution is -0.142. The standard InChI is InChI=1S/C23H20FN3O5/c24-17-3-1-2-4-18(17)32-23(12-25)8-7-15-14(9-23)10-26-19(20(15)28)21(29)27-11-16(22(30)31)13-5-6-13/h1-4,7,9-10,13,16,28H,5-6,8,11H2,(H,27,29)(H,30,31). The molecule has 3 N–H and O–H groups in total. The first-order valence-electron chi connectivity index (χ1n) is 10.1. The molecule has 2 aromatic rings. The van der Waals surface area contributed by atoms with Crippen molar-refractivity contribution < 1.29 is 28.9 Å². The molecule has 0 saturated heterocycles. The number of aliphatic carboxylic acids is 1. The number of carbonyl (C=O) groups excluding carboxylic acids is 1. The molecule has 0 spiro atoms. The molecular formula is C23H20FN3O5. The van der Waals surface area contributed by atoms with Gasteiger partial charge in [-0.15, -0.1) is 0 Å². The van der Waals surface area contributed by atoms with Crippen LogP contribution in [0.15, 0.2) is 30.5 Å². The first kappa shape index (κ1) is 21.3. The molecule has 8 nitrogen and oxygen atoms in total. The van der Waals surface area contributed by atoms with Gasteiger partial charge in [0.2, 0.25) is 5.60 Å². The highest BCUT2D eigenvalue weighted by Crippen LogP contribution is 2.36. The topological polar surface area (TPSA) is 133 Å². The van der Waals surface area contributed by atoms with E-state index in [1.807, 2.05) is 6.07 Å². The first-order valence-corrected chi connectivity index (χ1v) is 10.1. The molecule has 1 saturated carbocycles. The number of pyridine rings is 1. The number of para-hydroxylation sites is 1. The zero-order chi connectivity index (χ0) is 22.9. The van der Waals surface area contributed by atoms with Crippen LogP contribution in [0.1, 0.15) is 29.8 Å². The number of hydrogen-bond acceptors (Lipinski definition) is 6. The normalized spacial score (nSPS) is 20.0. The molecule has 164 valence electrons. The number of nitrogens with zero attached hydrogens (tertiary/aromatic N) is 2. The number of carboxylic acid groups (broad SMARTS) is 1. The van der Waals surface area contributed by atoms with Gasteiger partial charge in [0, 0.05) is 29.6 Å². The van der Waals surface area contributed by atoms with Gasteiger partial charge in [-0.05, 0) is 37.0 Å². The van der Waals surface area contributed by atoms with Crippen molar-refractivity contribution in [1.29, 1.82) is 5.26 Å². The molecule has 0 radical (unpaired) electrons. The third-order valence-corrected chi connectivity index (χ3v) is 5.65. The number of carboxylic acids is 1. The summed E-state index contributed by atoms with van der Waals surface area (Å²) in [5, 5.41) is 32.8. The number of nitriles is 1. The predicted molar refractivity (Wildman–Crippen MR) is 110 cm³/mol. The number of aromatic nitrogens is 1. The van der Waals surface area contributed by atoms with E-state index in [1.165, 1.54) is 36.5 Å². The molecule has 1 aromatic heterocycles. The maximum absolute atomic E-state index is 14.0. The number of ether oxygens (including phenoxy) is 1. The van der Waals surface area contributed by atoms with Crippen LogP contribution >= 0.6 is 0 Å². The molecule has 2 atom stereocenters. The summed E-state index contributed by atoms with van der Waals surface area (Å²) < 4.78 is 19.6. The third kappa shape index (κ3) is 4.12. The second kappa shape index (κ2) is 8.30. The summed E-state index contributed by atoms with van der Waals surface area (Å²) in [7, 11) is 0. The maximum atomic E-state index is 14.0. The average Bonchev–Trinajstić information content (AvgIpc) is 3.60. The van der Waals surface area contributed by atoms with Gasteiger partial charge in [0.25, 0.3) is 5.91 Å². The number of fused-ring (bicyclic) bond motifs is 1. The molecule has 32 heavy (non-hydrogen) atoms. The van der Waals surface area contributed by atoms with Gasteiger partial charge in [-0.25, -0.2) is 9.37 Å². The second-order valence-corrected chi connectivity index (χ2v) is 7.90. The molecule has 9 heteroatoms. The molecule has 2 aliphatic rings. The molecule has 2 unspecified atom stereocenters. The Hall–Kier alpha value is -3.93. The Morgan fingerprint density at radius 2 is 2.12 bits per heavy atom. The monoisotopic (exact) mass is 437 g/mol. The molecule has 1 fully saturated rings. The lowest BCUT2D eigenvalue weighted by Gasteiger charge is -2.25. The summed E-state index contributed by atoms with van der Waals surface area (Å²) in [4.78, 5) is 27.9. The summed E-state index contributed by atoms with van der Waals surface area (Å²) in [6, 6.07) is 7.75. The van der Waals surface area contributed by atoms with Gasteiger partial charge in [0.15, 0.2) is 23.0 Å². The SMILES string of the molecule is N#CC1(Oc2ccccc2F)C=c2cnc(C(=O)NCC(C(=O)O)C3CC3)c(O)c2=CC1. The number of rotatable bonds is 7. The van der Waals surface area contributed by atoms with Crippen molar-refractivity contribution >= 4 is 24.0 Å². The maximum Gasteiger partial charge on any atom is 0.308 e. The van der Waals surface area contributed by atoms with Crippen LogP contribution in [-0.4, -0.2) is 39.2 Å². The van der Waals surface area contributed by atoms with E-state index < -0.39 is 29.2 Å². The van der Waals surface area contributed by atoms with Crippen molar-refractivity contribution in [2.45, 2.75) is 24.9 Å². The Bertz CT molecular complexity index is 1250. The van der Waals surface area contributed by atoms with Crippen LogP contribution in [0.5, 0.6) is 11.5 Å². The fraction of sp³-hybridized carbons (Fsp3) is 0.304. The number of benzene rings is 1. The average molecular weight is 437 g/mol. The summed E-state index contributed by atoms with van der Waals surface area (Å²) in [6.07, 6.45) is 5.90. The van der Waals surface area contributed by atoms with E-state index >= 15 is 0 Å². The van der Waals surface area contributed by atoms with Gasteiger partial charge in [0.1, 0.15) is 6.07 Å². The molecule has 0 aliphatic heterocycles. The number of nitrogens with one attached hydrogen (secondary N) is 1. The van der Waals surface area contributed by atoms with Crippen LogP contribution in [0.2, 0.25) is 0 Å². The van der Waals surface area contributed by atoms with E-state index in [4.69, 9.17) is 4.74 Å². The van der Waals surface area contributed by atoms with Gasteiger partial charge in [-0.3, -0.25) is 9.59 Å². The van der Waals surface area contributed by atoms with Gasteiger partial charge in [0.05, 0.1) is 5.92 Å². The molecule has 2 aliphatic carbocycles. The number of hydrogen-bond donors (Lipinski definition) is 3. The van der Waals surface area contributed by atoms with E-state index in [0.29, 0.717) is 10.4 Å². The van der Waals surface area contributed by atoms with Crippen LogP contribution in [-0.2, 0) is 4.79 Å². The quantitative estimate of drug-likeness (QED) is 0.590. The van der Waals surface area contributed by atoms with Gasteiger partial charge >= 0.3 is 5.97 Å². The molecule has 1 heterocycles. The predicted octanol–water partition coefficient (Wildman–Crippen LogP) is 1.07. The number of carbonyl (C=O) groups is 2. The highest BCUT2D eigenvalue weighted by molar-refractivity contribution is 5.95. The van der Waals surface area contributed by atoms with Crippen molar-refractivity contribution in [2.75, 3.05) is 6.54 Å². The molecule has 1 aromatic carbocycles. The van der Waals surface area contributed by atoms with Crippen LogP contribution in [0.3, 0.4) is 0 Å². The minimum Gasteiger partial charge on any atom is -0.505 e. The molecular weight excluding hydrogens is 417 g/mol. The molecule has 0 bridgehead atoms. The van der Waals surface area contributed by atoms with Crippen molar-refractivity contribution in [3.05, 3.63) is 52.4 Å². The zero-order valence-corrected chi connectivity index (χ0v) is 16.9. The van der Waals surface area contributed by atoms with E-state index in [9.17, 15) is 29.5 Å². The van der Waals surface area contributed by atoms with Crippen molar-refractivity contribution in [2.24, 2.45) is 11.8 Å². The van der Waals surface area contributed by atoms with Crippen LogP contribution in [0.25, 0.3) is 12.2 Å². The Kier molecular flexibility index (Phi) is 5.53. The first-order chi connectivity index (χ1) is 15.3. The summed E-state index contributed by atoms with van der Waals surface area (Å²) in [6.45, 7) is -0.0547. The minimum atomic E-state index is -1.51. The van der Waals surface area contributed by atoms with Crippen molar-refractivity contribution in [3.63, 3.8) is 0 Å². The number of aromatic hydroxyl groups is 1. The Labute approximate surface area is 182 Å². The van der Waals surface area contributed by atoms with E-state index in [2.05, 4.69) is 10.3 Å². The van der Waals surface area contributed by atoms with Crippen LogP contribution in [0.4, 0.5) is 4.39 Å². The summed E-state index contributed by atoms with van der Waals surface area (Å²) in [5.41, 5.74) is -1.75. The zero-order valence-electron chi connectivity index (χ0n) is 16.9.